The number of aryl methyl sites for hydroxylation is 1. The highest BCUT2D eigenvalue weighted by Crippen LogP contribution is 2.27. The van der Waals surface area contributed by atoms with E-state index in [0.717, 1.165) is 5.56 Å². The van der Waals surface area contributed by atoms with Gasteiger partial charge >= 0.3 is 5.97 Å². The van der Waals surface area contributed by atoms with Gasteiger partial charge in [0.05, 0.1) is 38.1 Å². The van der Waals surface area contributed by atoms with Gasteiger partial charge in [-0.05, 0) is 6.92 Å². The highest BCUT2D eigenvalue weighted by Gasteiger charge is 2.27. The van der Waals surface area contributed by atoms with E-state index in [2.05, 4.69) is 25.0 Å². The maximum Gasteiger partial charge on any atom is 0.320 e. The lowest BCUT2D eigenvalue weighted by Gasteiger charge is -2.33. The van der Waals surface area contributed by atoms with Gasteiger partial charge in [-0.2, -0.15) is 5.10 Å². The molecule has 186 valence electrons. The molecule has 0 unspecified atom stereocenters. The van der Waals surface area contributed by atoms with Crippen LogP contribution in [0.3, 0.4) is 0 Å². The number of aromatic amines is 1. The molecular formula is C22H29N9O4. The molecule has 13 nitrogen and oxygen atoms in total. The Bertz CT molecular complexity index is 1210. The van der Waals surface area contributed by atoms with Crippen molar-refractivity contribution in [2.24, 2.45) is 7.05 Å². The summed E-state index contributed by atoms with van der Waals surface area (Å²) in [6, 6.07) is 0. The number of amides is 1. The Hall–Kier alpha value is -3.58. The molecule has 0 atom stereocenters. The number of carbonyl (C=O) groups excluding carboxylic acids is 2. The number of hydrogen-bond donors (Lipinski definition) is 1. The molecule has 0 aromatic carbocycles. The van der Waals surface area contributed by atoms with E-state index in [1.165, 1.54) is 0 Å². The fourth-order valence-electron chi connectivity index (χ4n) is 4.30. The van der Waals surface area contributed by atoms with Crippen molar-refractivity contribution in [1.82, 2.24) is 39.5 Å². The molecule has 0 saturated carbocycles. The molecule has 2 aliphatic rings. The number of piperazine rings is 1. The highest BCUT2D eigenvalue weighted by atomic mass is 16.5. The molecule has 5 heterocycles. The van der Waals surface area contributed by atoms with Crippen LogP contribution < -0.4 is 4.90 Å². The summed E-state index contributed by atoms with van der Waals surface area (Å²) in [5.41, 5.74) is 1.84. The molecule has 0 spiro atoms. The predicted octanol–water partition coefficient (Wildman–Crippen LogP) is -0.0891. The Labute approximate surface area is 202 Å². The van der Waals surface area contributed by atoms with Crippen LogP contribution in [-0.4, -0.2) is 117 Å². The van der Waals surface area contributed by atoms with Gasteiger partial charge in [0.15, 0.2) is 23.1 Å². The van der Waals surface area contributed by atoms with E-state index < -0.39 is 0 Å². The normalized spacial score (nSPS) is 17.2. The second-order valence-electron chi connectivity index (χ2n) is 8.53. The van der Waals surface area contributed by atoms with E-state index in [0.29, 0.717) is 81.9 Å². The van der Waals surface area contributed by atoms with E-state index in [9.17, 15) is 9.59 Å². The first kappa shape index (κ1) is 23.2. The molecule has 35 heavy (non-hydrogen) atoms. The predicted molar refractivity (Wildman–Crippen MR) is 126 cm³/mol. The SMILES string of the molecule is CCOC(=O)CN1CCN(C(=O)c2nc3nc(-c4cnn(C)c4)nc(N4CCOCC4)c3[nH]2)CC1. The number of carbonyl (C=O) groups is 2. The molecular weight excluding hydrogens is 454 g/mol. The lowest BCUT2D eigenvalue weighted by molar-refractivity contribution is -0.144. The minimum absolute atomic E-state index is 0.199. The van der Waals surface area contributed by atoms with Crippen molar-refractivity contribution >= 4 is 28.9 Å². The van der Waals surface area contributed by atoms with Gasteiger partial charge in [-0.25, -0.2) is 15.0 Å². The minimum atomic E-state index is -0.247. The molecule has 13 heteroatoms. The lowest BCUT2D eigenvalue weighted by atomic mass is 10.3. The van der Waals surface area contributed by atoms with Gasteiger partial charge in [0, 0.05) is 52.5 Å². The van der Waals surface area contributed by atoms with Gasteiger partial charge in [0.2, 0.25) is 0 Å². The van der Waals surface area contributed by atoms with Gasteiger partial charge in [-0.1, -0.05) is 0 Å². The van der Waals surface area contributed by atoms with Gasteiger partial charge in [-0.15, -0.1) is 0 Å². The average molecular weight is 484 g/mol. The monoisotopic (exact) mass is 483 g/mol. The summed E-state index contributed by atoms with van der Waals surface area (Å²) >= 11 is 0. The van der Waals surface area contributed by atoms with Crippen molar-refractivity contribution in [3.05, 3.63) is 18.2 Å². The Morgan fingerprint density at radius 2 is 1.86 bits per heavy atom. The zero-order valence-electron chi connectivity index (χ0n) is 19.9. The number of hydrogen-bond acceptors (Lipinski definition) is 10. The van der Waals surface area contributed by atoms with E-state index in [1.54, 1.807) is 22.7 Å². The number of ether oxygens (including phenoxy) is 2. The summed E-state index contributed by atoms with van der Waals surface area (Å²) in [4.78, 5) is 48.0. The van der Waals surface area contributed by atoms with Gasteiger partial charge < -0.3 is 24.3 Å². The Morgan fingerprint density at radius 1 is 1.09 bits per heavy atom. The van der Waals surface area contributed by atoms with Gasteiger partial charge in [-0.3, -0.25) is 19.2 Å². The number of fused-ring (bicyclic) bond motifs is 1. The number of H-pyrrole nitrogens is 1. The van der Waals surface area contributed by atoms with Crippen molar-refractivity contribution in [2.75, 3.05) is 70.5 Å². The zero-order valence-corrected chi connectivity index (χ0v) is 19.9. The second kappa shape index (κ2) is 9.96. The number of rotatable bonds is 6. The topological polar surface area (TPSA) is 135 Å². The number of anilines is 1. The van der Waals surface area contributed by atoms with Crippen LogP contribution in [0.25, 0.3) is 22.6 Å². The van der Waals surface area contributed by atoms with Crippen LogP contribution in [0, 0.1) is 0 Å². The largest absolute Gasteiger partial charge is 0.465 e. The molecule has 1 amide bonds. The molecule has 5 rings (SSSR count). The zero-order chi connectivity index (χ0) is 24.4. The maximum absolute atomic E-state index is 13.3. The van der Waals surface area contributed by atoms with Crippen molar-refractivity contribution < 1.29 is 19.1 Å². The summed E-state index contributed by atoms with van der Waals surface area (Å²) < 4.78 is 12.2. The third-order valence-corrected chi connectivity index (χ3v) is 6.13. The molecule has 1 N–H and O–H groups in total. The number of morpholine rings is 1. The third kappa shape index (κ3) is 4.95. The average Bonchev–Trinajstić information content (AvgIpc) is 3.50. The van der Waals surface area contributed by atoms with Crippen LogP contribution in [-0.2, 0) is 21.3 Å². The summed E-state index contributed by atoms with van der Waals surface area (Å²) in [5.74, 6) is 0.983. The molecule has 2 aliphatic heterocycles. The molecule has 0 bridgehead atoms. The number of aromatic nitrogens is 6. The Morgan fingerprint density at radius 3 is 2.54 bits per heavy atom. The third-order valence-electron chi connectivity index (χ3n) is 6.13. The molecule has 2 saturated heterocycles. The maximum atomic E-state index is 13.3. The number of imidazole rings is 1. The molecule has 2 fully saturated rings. The lowest BCUT2D eigenvalue weighted by Crippen LogP contribution is -2.50. The molecule has 0 aliphatic carbocycles. The van der Waals surface area contributed by atoms with E-state index in [-0.39, 0.29) is 24.2 Å². The molecule has 0 radical (unpaired) electrons. The van der Waals surface area contributed by atoms with Crippen molar-refractivity contribution in [2.45, 2.75) is 6.92 Å². The first-order valence-corrected chi connectivity index (χ1v) is 11.8. The fourth-order valence-corrected chi connectivity index (χ4v) is 4.30. The smallest absolute Gasteiger partial charge is 0.320 e. The first-order valence-electron chi connectivity index (χ1n) is 11.8. The summed E-state index contributed by atoms with van der Waals surface area (Å²) in [6.45, 7) is 7.13. The van der Waals surface area contributed by atoms with Crippen molar-refractivity contribution in [3.63, 3.8) is 0 Å². The van der Waals surface area contributed by atoms with E-state index in [1.807, 2.05) is 18.1 Å². The minimum Gasteiger partial charge on any atom is -0.465 e. The van der Waals surface area contributed by atoms with E-state index in [4.69, 9.17) is 14.5 Å². The van der Waals surface area contributed by atoms with Crippen LogP contribution in [0.15, 0.2) is 12.4 Å². The van der Waals surface area contributed by atoms with Gasteiger partial charge in [0.25, 0.3) is 5.91 Å². The fraction of sp³-hybridized carbons (Fsp3) is 0.545. The van der Waals surface area contributed by atoms with Crippen LogP contribution in [0.1, 0.15) is 17.5 Å². The summed E-state index contributed by atoms with van der Waals surface area (Å²) in [7, 11) is 1.84. The number of esters is 1. The second-order valence-corrected chi connectivity index (χ2v) is 8.53. The Balaban J connectivity index is 1.39. The summed E-state index contributed by atoms with van der Waals surface area (Å²) in [5, 5.41) is 4.23. The Kier molecular flexibility index (Phi) is 6.59. The quantitative estimate of drug-likeness (QED) is 0.474. The van der Waals surface area contributed by atoms with Crippen LogP contribution in [0.5, 0.6) is 0 Å². The van der Waals surface area contributed by atoms with Gasteiger partial charge in [0.1, 0.15) is 5.52 Å². The van der Waals surface area contributed by atoms with Crippen molar-refractivity contribution in [1.29, 1.82) is 0 Å². The van der Waals surface area contributed by atoms with Crippen LogP contribution in [0.4, 0.5) is 5.82 Å². The highest BCUT2D eigenvalue weighted by molar-refractivity contribution is 5.96. The van der Waals surface area contributed by atoms with Crippen LogP contribution in [0.2, 0.25) is 0 Å². The summed E-state index contributed by atoms with van der Waals surface area (Å²) in [6.07, 6.45) is 3.55. The van der Waals surface area contributed by atoms with E-state index >= 15 is 0 Å². The molecule has 3 aromatic rings. The van der Waals surface area contributed by atoms with Crippen LogP contribution >= 0.6 is 0 Å². The standard InChI is InChI=1S/C22H29N9O4/c1-3-35-16(32)14-29-4-6-31(7-5-29)22(33)20-24-17-19(26-20)25-18(15-12-23-28(2)13-15)27-21(17)30-8-10-34-11-9-30/h12-13H,3-11,14H2,1-2H3,(H,24,25,26,27). The number of nitrogens with zero attached hydrogens (tertiary/aromatic N) is 8. The first-order chi connectivity index (χ1) is 17.0. The van der Waals surface area contributed by atoms with Crippen molar-refractivity contribution in [3.8, 4) is 11.4 Å². The molecule has 3 aromatic heterocycles. The number of nitrogens with one attached hydrogen (secondary N) is 1.